The third-order valence-electron chi connectivity index (χ3n) is 5.17. The zero-order valence-corrected chi connectivity index (χ0v) is 19.0. The summed E-state index contributed by atoms with van der Waals surface area (Å²) < 4.78 is 1.99. The number of hydrogen-bond acceptors (Lipinski definition) is 5. The van der Waals surface area contributed by atoms with Gasteiger partial charge in [0.15, 0.2) is 11.0 Å². The second-order valence-electron chi connectivity index (χ2n) is 7.53. The Morgan fingerprint density at radius 2 is 1.72 bits per heavy atom. The molecule has 162 valence electrons. The molecule has 0 aliphatic carbocycles. The van der Waals surface area contributed by atoms with Crippen LogP contribution in [0.3, 0.4) is 0 Å². The second kappa shape index (κ2) is 10.2. The number of nitrogens with one attached hydrogen (secondary N) is 1. The van der Waals surface area contributed by atoms with Gasteiger partial charge in [-0.05, 0) is 55.7 Å². The van der Waals surface area contributed by atoms with Crippen LogP contribution in [0.25, 0.3) is 17.1 Å². The van der Waals surface area contributed by atoms with E-state index in [0.29, 0.717) is 11.7 Å². The first-order valence-corrected chi connectivity index (χ1v) is 11.5. The molecule has 0 unspecified atom stereocenters. The molecule has 0 bridgehead atoms. The molecule has 0 atom stereocenters. The minimum absolute atomic E-state index is 0.0208. The maximum atomic E-state index is 12.5. The van der Waals surface area contributed by atoms with Crippen molar-refractivity contribution in [2.24, 2.45) is 0 Å². The number of carbonyl (C=O) groups excluding carboxylic acids is 1. The van der Waals surface area contributed by atoms with Gasteiger partial charge in [0.25, 0.3) is 0 Å². The molecule has 1 N–H and O–H groups in total. The molecule has 0 saturated carbocycles. The molecule has 0 spiro atoms. The highest BCUT2D eigenvalue weighted by molar-refractivity contribution is 7.99. The van der Waals surface area contributed by atoms with Crippen molar-refractivity contribution in [3.05, 3.63) is 89.7 Å². The lowest BCUT2D eigenvalue weighted by Crippen LogP contribution is -2.27. The molecule has 0 saturated heterocycles. The normalized spacial score (nSPS) is 10.8. The smallest absolute Gasteiger partial charge is 0.230 e. The molecule has 7 heteroatoms. The maximum Gasteiger partial charge on any atom is 0.230 e. The predicted molar refractivity (Wildman–Crippen MR) is 128 cm³/mol. The highest BCUT2D eigenvalue weighted by atomic mass is 32.2. The Balaban J connectivity index is 1.46. The molecule has 2 aromatic heterocycles. The predicted octanol–water partition coefficient (Wildman–Crippen LogP) is 4.40. The number of aryl methyl sites for hydroxylation is 2. The van der Waals surface area contributed by atoms with E-state index in [4.69, 9.17) is 0 Å². The van der Waals surface area contributed by atoms with E-state index in [2.05, 4.69) is 58.6 Å². The van der Waals surface area contributed by atoms with Gasteiger partial charge in [0.2, 0.25) is 5.91 Å². The summed E-state index contributed by atoms with van der Waals surface area (Å²) in [5, 5.41) is 12.5. The van der Waals surface area contributed by atoms with E-state index in [1.807, 2.05) is 41.0 Å². The average Bonchev–Trinajstić information content (AvgIpc) is 3.24. The van der Waals surface area contributed by atoms with E-state index in [0.717, 1.165) is 23.5 Å². The Morgan fingerprint density at radius 1 is 0.969 bits per heavy atom. The minimum atomic E-state index is -0.0208. The summed E-state index contributed by atoms with van der Waals surface area (Å²) in [6, 6.07) is 20.2. The molecule has 0 fully saturated rings. The number of hydrogen-bond donors (Lipinski definition) is 1. The van der Waals surface area contributed by atoms with Crippen molar-refractivity contribution in [1.82, 2.24) is 25.1 Å². The standard InChI is InChI=1S/C25H25N5OS/c1-18-7-9-22(10-8-18)30-24(21-11-14-26-15-12-21)28-29-25(30)32-17-23(31)27-16-13-20-6-4-3-5-19(20)2/h3-12,14-15H,13,16-17H2,1-2H3,(H,27,31). The molecule has 2 heterocycles. The van der Waals surface area contributed by atoms with E-state index < -0.39 is 0 Å². The van der Waals surface area contributed by atoms with Crippen LogP contribution >= 0.6 is 11.8 Å². The Kier molecular flexibility index (Phi) is 6.97. The van der Waals surface area contributed by atoms with Crippen LogP contribution in [0.5, 0.6) is 0 Å². The zero-order chi connectivity index (χ0) is 22.3. The van der Waals surface area contributed by atoms with Gasteiger partial charge in [-0.25, -0.2) is 0 Å². The van der Waals surface area contributed by atoms with Crippen LogP contribution in [0.2, 0.25) is 0 Å². The first kappa shape index (κ1) is 21.8. The van der Waals surface area contributed by atoms with E-state index in [1.165, 1.54) is 28.5 Å². The maximum absolute atomic E-state index is 12.5. The number of pyridine rings is 1. The van der Waals surface area contributed by atoms with Crippen LogP contribution < -0.4 is 5.32 Å². The van der Waals surface area contributed by atoms with E-state index in [1.54, 1.807) is 12.4 Å². The number of amides is 1. The molecular formula is C25H25N5OS. The third kappa shape index (κ3) is 5.23. The van der Waals surface area contributed by atoms with Gasteiger partial charge in [-0.3, -0.25) is 14.3 Å². The Morgan fingerprint density at radius 3 is 2.47 bits per heavy atom. The molecule has 0 radical (unpaired) electrons. The fraction of sp³-hybridized carbons (Fsp3) is 0.200. The van der Waals surface area contributed by atoms with Crippen LogP contribution in [0.15, 0.2) is 78.2 Å². The SMILES string of the molecule is Cc1ccc(-n2c(SCC(=O)NCCc3ccccc3C)nnc2-c2ccncc2)cc1. The monoisotopic (exact) mass is 443 g/mol. The quantitative estimate of drug-likeness (QED) is 0.409. The molecule has 6 nitrogen and oxygen atoms in total. The Hall–Kier alpha value is -3.45. The lowest BCUT2D eigenvalue weighted by Gasteiger charge is -2.11. The van der Waals surface area contributed by atoms with Crippen molar-refractivity contribution < 1.29 is 4.79 Å². The van der Waals surface area contributed by atoms with E-state index >= 15 is 0 Å². The van der Waals surface area contributed by atoms with Crippen LogP contribution in [-0.4, -0.2) is 38.0 Å². The third-order valence-corrected chi connectivity index (χ3v) is 6.10. The summed E-state index contributed by atoms with van der Waals surface area (Å²) in [4.78, 5) is 16.6. The number of benzene rings is 2. The number of aromatic nitrogens is 4. The van der Waals surface area contributed by atoms with Crippen LogP contribution in [0, 0.1) is 13.8 Å². The van der Waals surface area contributed by atoms with Crippen molar-refractivity contribution >= 4 is 17.7 Å². The molecule has 1 amide bonds. The first-order valence-electron chi connectivity index (χ1n) is 10.5. The van der Waals surface area contributed by atoms with Gasteiger partial charge in [-0.15, -0.1) is 10.2 Å². The summed E-state index contributed by atoms with van der Waals surface area (Å²) in [5.41, 5.74) is 5.54. The van der Waals surface area contributed by atoms with Crippen molar-refractivity contribution in [3.8, 4) is 17.1 Å². The van der Waals surface area contributed by atoms with Crippen LogP contribution in [-0.2, 0) is 11.2 Å². The van der Waals surface area contributed by atoms with Gasteiger partial charge in [0, 0.05) is 30.2 Å². The molecule has 4 aromatic rings. The van der Waals surface area contributed by atoms with Crippen LogP contribution in [0.4, 0.5) is 0 Å². The van der Waals surface area contributed by atoms with Gasteiger partial charge < -0.3 is 5.32 Å². The van der Waals surface area contributed by atoms with Crippen molar-refractivity contribution in [1.29, 1.82) is 0 Å². The number of carbonyl (C=O) groups is 1. The summed E-state index contributed by atoms with van der Waals surface area (Å²) in [7, 11) is 0. The average molecular weight is 444 g/mol. The fourth-order valence-corrected chi connectivity index (χ4v) is 4.17. The van der Waals surface area contributed by atoms with Gasteiger partial charge in [-0.2, -0.15) is 0 Å². The fourth-order valence-electron chi connectivity index (χ4n) is 3.39. The highest BCUT2D eigenvalue weighted by Crippen LogP contribution is 2.27. The number of rotatable bonds is 8. The van der Waals surface area contributed by atoms with Crippen LogP contribution in [0.1, 0.15) is 16.7 Å². The van der Waals surface area contributed by atoms with Gasteiger partial charge in [0.1, 0.15) is 0 Å². The van der Waals surface area contributed by atoms with Gasteiger partial charge in [0.05, 0.1) is 5.75 Å². The molecule has 0 aliphatic heterocycles. The van der Waals surface area contributed by atoms with Crippen molar-refractivity contribution in [2.75, 3.05) is 12.3 Å². The molecule has 2 aromatic carbocycles. The van der Waals surface area contributed by atoms with E-state index in [9.17, 15) is 4.79 Å². The zero-order valence-electron chi connectivity index (χ0n) is 18.2. The summed E-state index contributed by atoms with van der Waals surface area (Å²) in [5.74, 6) is 0.972. The van der Waals surface area contributed by atoms with Crippen molar-refractivity contribution in [3.63, 3.8) is 0 Å². The van der Waals surface area contributed by atoms with Gasteiger partial charge in [-0.1, -0.05) is 53.7 Å². The Labute approximate surface area is 192 Å². The second-order valence-corrected chi connectivity index (χ2v) is 8.47. The van der Waals surface area contributed by atoms with Crippen molar-refractivity contribution in [2.45, 2.75) is 25.4 Å². The largest absolute Gasteiger partial charge is 0.355 e. The highest BCUT2D eigenvalue weighted by Gasteiger charge is 2.17. The summed E-state index contributed by atoms with van der Waals surface area (Å²) in [6.45, 7) is 4.75. The molecular weight excluding hydrogens is 418 g/mol. The lowest BCUT2D eigenvalue weighted by molar-refractivity contribution is -0.118. The topological polar surface area (TPSA) is 72.7 Å². The molecule has 32 heavy (non-hydrogen) atoms. The summed E-state index contributed by atoms with van der Waals surface area (Å²) in [6.07, 6.45) is 4.28. The number of thioether (sulfide) groups is 1. The molecule has 4 rings (SSSR count). The first-order chi connectivity index (χ1) is 15.6. The molecule has 0 aliphatic rings. The minimum Gasteiger partial charge on any atom is -0.355 e. The van der Waals surface area contributed by atoms with Gasteiger partial charge >= 0.3 is 0 Å². The van der Waals surface area contributed by atoms with E-state index in [-0.39, 0.29) is 11.7 Å². The lowest BCUT2D eigenvalue weighted by atomic mass is 10.1. The Bertz CT molecular complexity index is 1190. The summed E-state index contributed by atoms with van der Waals surface area (Å²) >= 11 is 1.38. The number of nitrogens with zero attached hydrogens (tertiary/aromatic N) is 4.